The summed E-state index contributed by atoms with van der Waals surface area (Å²) >= 11 is 0. The highest BCUT2D eigenvalue weighted by Crippen LogP contribution is 2.34. The first-order valence-corrected chi connectivity index (χ1v) is 10.8. The van der Waals surface area contributed by atoms with Crippen molar-refractivity contribution in [3.05, 3.63) is 102 Å². The Hall–Kier alpha value is -4.45. The number of pyridine rings is 1. The van der Waals surface area contributed by atoms with Crippen molar-refractivity contribution in [1.29, 1.82) is 0 Å². The molecule has 3 aromatic carbocycles. The third-order valence-electron chi connectivity index (χ3n) is 6.12. The summed E-state index contributed by atoms with van der Waals surface area (Å²) in [7, 11) is 0. The number of carbonyl (C=O) groups excluding carboxylic acids is 2. The van der Waals surface area contributed by atoms with Gasteiger partial charge in [-0.15, -0.1) is 0 Å². The predicted octanol–water partition coefficient (Wildman–Crippen LogP) is 4.74. The van der Waals surface area contributed by atoms with Crippen LogP contribution in [-0.4, -0.2) is 27.8 Å². The second kappa shape index (κ2) is 7.60. The summed E-state index contributed by atoms with van der Waals surface area (Å²) in [6.07, 6.45) is 2.10. The minimum atomic E-state index is -0.687. The number of amides is 2. The molecule has 2 amide bonds. The van der Waals surface area contributed by atoms with Crippen LogP contribution >= 0.6 is 0 Å². The van der Waals surface area contributed by atoms with Gasteiger partial charge in [0.05, 0.1) is 17.4 Å². The molecule has 0 saturated carbocycles. The Labute approximate surface area is 189 Å². The first-order valence-electron chi connectivity index (χ1n) is 10.8. The number of anilines is 2. The van der Waals surface area contributed by atoms with Gasteiger partial charge in [0.2, 0.25) is 0 Å². The third kappa shape index (κ3) is 3.24. The molecule has 0 bridgehead atoms. The quantitative estimate of drug-likeness (QED) is 0.432. The molecule has 1 unspecified atom stereocenters. The Morgan fingerprint density at radius 3 is 2.55 bits per heavy atom. The van der Waals surface area contributed by atoms with Gasteiger partial charge in [0, 0.05) is 28.4 Å². The summed E-state index contributed by atoms with van der Waals surface area (Å²) in [5, 5.41) is 4.88. The monoisotopic (exact) mass is 432 g/mol. The lowest BCUT2D eigenvalue weighted by Crippen LogP contribution is -2.51. The minimum Gasteiger partial charge on any atom is -0.353 e. The second-order valence-corrected chi connectivity index (χ2v) is 8.15. The topological polar surface area (TPSA) is 78.1 Å². The van der Waals surface area contributed by atoms with Crippen LogP contribution in [0.5, 0.6) is 0 Å². The van der Waals surface area contributed by atoms with Crippen LogP contribution in [0.3, 0.4) is 0 Å². The van der Waals surface area contributed by atoms with E-state index in [4.69, 9.17) is 0 Å². The number of nitrogens with zero attached hydrogens (tertiary/aromatic N) is 2. The van der Waals surface area contributed by atoms with Gasteiger partial charge in [-0.05, 0) is 35.9 Å². The number of fused-ring (bicyclic) bond motifs is 4. The van der Waals surface area contributed by atoms with Crippen LogP contribution in [0.1, 0.15) is 16.1 Å². The van der Waals surface area contributed by atoms with Crippen LogP contribution in [0.2, 0.25) is 0 Å². The third-order valence-corrected chi connectivity index (χ3v) is 6.12. The van der Waals surface area contributed by atoms with E-state index in [1.54, 1.807) is 17.2 Å². The van der Waals surface area contributed by atoms with Crippen molar-refractivity contribution in [2.45, 2.75) is 12.5 Å². The molecule has 2 aromatic heterocycles. The minimum absolute atomic E-state index is 0.165. The zero-order valence-electron chi connectivity index (χ0n) is 17.7. The van der Waals surface area contributed by atoms with Crippen molar-refractivity contribution >= 4 is 45.0 Å². The van der Waals surface area contributed by atoms with Gasteiger partial charge in [-0.2, -0.15) is 0 Å². The van der Waals surface area contributed by atoms with Crippen LogP contribution in [-0.2, 0) is 11.2 Å². The SMILES string of the molecule is O=C(NC1Cc2ccccc2N(c2ccccc2)C1=O)c1cc2c(cn1)[nH]c1ccccc12. The lowest BCUT2D eigenvalue weighted by Gasteiger charge is -2.34. The van der Waals surface area contributed by atoms with Crippen LogP contribution in [0.15, 0.2) is 91.1 Å². The highest BCUT2D eigenvalue weighted by Gasteiger charge is 2.34. The zero-order chi connectivity index (χ0) is 22.4. The molecule has 1 aliphatic heterocycles. The number of nitrogens with one attached hydrogen (secondary N) is 2. The number of aromatic amines is 1. The van der Waals surface area contributed by atoms with Gasteiger partial charge in [0.25, 0.3) is 11.8 Å². The van der Waals surface area contributed by atoms with E-state index < -0.39 is 6.04 Å². The van der Waals surface area contributed by atoms with E-state index >= 15 is 0 Å². The summed E-state index contributed by atoms with van der Waals surface area (Å²) in [4.78, 5) is 36.0. The van der Waals surface area contributed by atoms with E-state index in [9.17, 15) is 9.59 Å². The maximum Gasteiger partial charge on any atom is 0.270 e. The molecule has 1 atom stereocenters. The van der Waals surface area contributed by atoms with Crippen LogP contribution < -0.4 is 10.2 Å². The Balaban J connectivity index is 1.34. The molecule has 3 heterocycles. The molecule has 0 aliphatic carbocycles. The molecular formula is C27H20N4O2. The molecular weight excluding hydrogens is 412 g/mol. The highest BCUT2D eigenvalue weighted by molar-refractivity contribution is 6.11. The maximum atomic E-state index is 13.5. The first kappa shape index (κ1) is 19.3. The molecule has 33 heavy (non-hydrogen) atoms. The Morgan fingerprint density at radius 2 is 1.67 bits per heavy atom. The predicted molar refractivity (Wildman–Crippen MR) is 129 cm³/mol. The molecule has 160 valence electrons. The highest BCUT2D eigenvalue weighted by atomic mass is 16.2. The van der Waals surface area contributed by atoms with E-state index in [0.29, 0.717) is 6.42 Å². The summed E-state index contributed by atoms with van der Waals surface area (Å²) in [5.41, 5.74) is 4.76. The molecule has 6 heteroatoms. The smallest absolute Gasteiger partial charge is 0.270 e. The number of H-pyrrole nitrogens is 1. The van der Waals surface area contributed by atoms with Gasteiger partial charge >= 0.3 is 0 Å². The van der Waals surface area contributed by atoms with E-state index in [0.717, 1.165) is 38.7 Å². The summed E-state index contributed by atoms with van der Waals surface area (Å²) in [6, 6.07) is 26.3. The summed E-state index contributed by atoms with van der Waals surface area (Å²) in [6.45, 7) is 0. The lowest BCUT2D eigenvalue weighted by atomic mass is 9.96. The molecule has 0 saturated heterocycles. The van der Waals surface area contributed by atoms with E-state index in [2.05, 4.69) is 15.3 Å². The largest absolute Gasteiger partial charge is 0.353 e. The fraction of sp³-hybridized carbons (Fsp3) is 0.0741. The standard InChI is InChI=1S/C27H20N4O2/c32-26(22-15-20-19-11-5-6-12-21(19)29-24(20)16-28-22)30-23-14-17-8-4-7-13-25(17)31(27(23)33)18-9-2-1-3-10-18/h1-13,15-16,23,29H,14H2,(H,30,32). The normalized spacial score (nSPS) is 15.6. The number of hydrogen-bond donors (Lipinski definition) is 2. The second-order valence-electron chi connectivity index (χ2n) is 8.15. The fourth-order valence-corrected chi connectivity index (χ4v) is 4.55. The molecule has 5 aromatic rings. The van der Waals surface area contributed by atoms with Crippen molar-refractivity contribution in [2.75, 3.05) is 4.90 Å². The van der Waals surface area contributed by atoms with E-state index in [1.165, 1.54) is 0 Å². The van der Waals surface area contributed by atoms with Crippen molar-refractivity contribution in [3.8, 4) is 0 Å². The number of rotatable bonds is 3. The molecule has 2 N–H and O–H groups in total. The van der Waals surface area contributed by atoms with Gasteiger partial charge in [0.1, 0.15) is 11.7 Å². The molecule has 6 rings (SSSR count). The van der Waals surface area contributed by atoms with Crippen molar-refractivity contribution < 1.29 is 9.59 Å². The van der Waals surface area contributed by atoms with Crippen LogP contribution in [0.25, 0.3) is 21.8 Å². The van der Waals surface area contributed by atoms with E-state index in [1.807, 2.05) is 78.9 Å². The Morgan fingerprint density at radius 1 is 0.909 bits per heavy atom. The average Bonchev–Trinajstić information content (AvgIpc) is 3.23. The van der Waals surface area contributed by atoms with Crippen LogP contribution in [0.4, 0.5) is 11.4 Å². The van der Waals surface area contributed by atoms with Gasteiger partial charge in [-0.25, -0.2) is 4.98 Å². The summed E-state index contributed by atoms with van der Waals surface area (Å²) in [5.74, 6) is -0.533. The Bertz CT molecular complexity index is 1520. The van der Waals surface area contributed by atoms with Gasteiger partial charge in [-0.3, -0.25) is 14.5 Å². The zero-order valence-corrected chi connectivity index (χ0v) is 17.7. The van der Waals surface area contributed by atoms with Crippen LogP contribution in [0, 0.1) is 0 Å². The maximum absolute atomic E-state index is 13.5. The summed E-state index contributed by atoms with van der Waals surface area (Å²) < 4.78 is 0. The first-order chi connectivity index (χ1) is 16.2. The number of para-hydroxylation sites is 3. The Kier molecular flexibility index (Phi) is 4.43. The number of carbonyl (C=O) groups is 2. The van der Waals surface area contributed by atoms with Crippen molar-refractivity contribution in [2.24, 2.45) is 0 Å². The fourth-order valence-electron chi connectivity index (χ4n) is 4.55. The lowest BCUT2D eigenvalue weighted by molar-refractivity contribution is -0.120. The van der Waals surface area contributed by atoms with Gasteiger partial charge < -0.3 is 10.3 Å². The van der Waals surface area contributed by atoms with E-state index in [-0.39, 0.29) is 17.5 Å². The molecule has 0 spiro atoms. The molecule has 0 fully saturated rings. The molecule has 6 nitrogen and oxygen atoms in total. The average molecular weight is 432 g/mol. The van der Waals surface area contributed by atoms with Crippen molar-refractivity contribution in [3.63, 3.8) is 0 Å². The van der Waals surface area contributed by atoms with Gasteiger partial charge in [0.15, 0.2) is 0 Å². The number of hydrogen-bond acceptors (Lipinski definition) is 3. The molecule has 0 radical (unpaired) electrons. The number of benzene rings is 3. The van der Waals surface area contributed by atoms with Gasteiger partial charge in [-0.1, -0.05) is 54.6 Å². The molecule has 1 aliphatic rings. The number of aromatic nitrogens is 2. The van der Waals surface area contributed by atoms with Crippen molar-refractivity contribution in [1.82, 2.24) is 15.3 Å².